The number of carbonyl (C=O) groups is 2. The van der Waals surface area contributed by atoms with Crippen LogP contribution < -0.4 is 5.32 Å². The summed E-state index contributed by atoms with van der Waals surface area (Å²) < 4.78 is 15.4. The second-order valence-corrected chi connectivity index (χ2v) is 5.89. The molecule has 0 saturated carbocycles. The van der Waals surface area contributed by atoms with Crippen molar-refractivity contribution >= 4 is 50.6 Å². The van der Waals surface area contributed by atoms with Gasteiger partial charge in [-0.1, -0.05) is 11.8 Å². The maximum absolute atomic E-state index is 13.7. The van der Waals surface area contributed by atoms with E-state index in [1.165, 1.54) is 23.7 Å². The van der Waals surface area contributed by atoms with Crippen LogP contribution in [-0.4, -0.2) is 39.3 Å². The summed E-state index contributed by atoms with van der Waals surface area (Å²) in [5.41, 5.74) is 0.923. The summed E-state index contributed by atoms with van der Waals surface area (Å²) in [6, 6.07) is 2.76. The maximum atomic E-state index is 13.7. The van der Waals surface area contributed by atoms with Crippen molar-refractivity contribution in [3.05, 3.63) is 22.4 Å². The maximum Gasteiger partial charge on any atom is 0.313 e. The Kier molecular flexibility index (Phi) is 4.84. The Morgan fingerprint density at radius 3 is 2.86 bits per heavy atom. The third kappa shape index (κ3) is 3.53. The van der Waals surface area contributed by atoms with Gasteiger partial charge in [0.15, 0.2) is 5.16 Å². The molecule has 0 bridgehead atoms. The molecule has 0 aliphatic carbocycles. The monoisotopic (exact) mass is 375 g/mol. The summed E-state index contributed by atoms with van der Waals surface area (Å²) in [5, 5.41) is 11.6. The minimum absolute atomic E-state index is 0.0595. The number of carboxylic acids is 1. The highest BCUT2D eigenvalue weighted by molar-refractivity contribution is 9.10. The van der Waals surface area contributed by atoms with E-state index in [2.05, 4.69) is 26.2 Å². The van der Waals surface area contributed by atoms with Crippen molar-refractivity contribution in [2.24, 2.45) is 0 Å². The van der Waals surface area contributed by atoms with Crippen molar-refractivity contribution in [1.82, 2.24) is 14.9 Å². The first-order valence-electron chi connectivity index (χ1n) is 5.83. The third-order valence-electron chi connectivity index (χ3n) is 2.66. The summed E-state index contributed by atoms with van der Waals surface area (Å²) in [4.78, 5) is 26.5. The molecule has 0 saturated heterocycles. The molecule has 1 aromatic carbocycles. The number of rotatable bonds is 5. The second-order valence-electron chi connectivity index (χ2n) is 4.09. The summed E-state index contributed by atoms with van der Waals surface area (Å²) in [6.45, 7) is -0.0595. The topological polar surface area (TPSA) is 84.2 Å². The Balaban J connectivity index is 2.51. The van der Waals surface area contributed by atoms with Gasteiger partial charge >= 0.3 is 5.97 Å². The van der Waals surface area contributed by atoms with Gasteiger partial charge < -0.3 is 15.0 Å². The summed E-state index contributed by atoms with van der Waals surface area (Å²) in [6.07, 6.45) is 0. The Bertz CT molecular complexity index is 719. The third-order valence-corrected chi connectivity index (χ3v) is 4.23. The van der Waals surface area contributed by atoms with Crippen molar-refractivity contribution < 1.29 is 19.1 Å². The van der Waals surface area contributed by atoms with E-state index < -0.39 is 11.8 Å². The van der Waals surface area contributed by atoms with Gasteiger partial charge in [-0.3, -0.25) is 9.59 Å². The van der Waals surface area contributed by atoms with E-state index in [0.717, 1.165) is 11.8 Å². The van der Waals surface area contributed by atoms with E-state index in [1.54, 1.807) is 0 Å². The van der Waals surface area contributed by atoms with Crippen LogP contribution in [0.4, 0.5) is 4.39 Å². The van der Waals surface area contributed by atoms with Crippen LogP contribution in [0.2, 0.25) is 0 Å². The number of halogens is 2. The molecule has 2 aromatic rings. The lowest BCUT2D eigenvalue weighted by Gasteiger charge is -2.07. The number of aliphatic carboxylic acids is 1. The molecule has 2 rings (SSSR count). The predicted molar refractivity (Wildman–Crippen MR) is 79.8 cm³/mol. The van der Waals surface area contributed by atoms with Crippen LogP contribution in [0.5, 0.6) is 0 Å². The number of aromatic nitrogens is 2. The first-order valence-corrected chi connectivity index (χ1v) is 7.60. The molecule has 2 N–H and O–H groups in total. The van der Waals surface area contributed by atoms with Crippen molar-refractivity contribution in [2.45, 2.75) is 11.7 Å². The van der Waals surface area contributed by atoms with Crippen LogP contribution >= 0.6 is 27.7 Å². The standard InChI is InChI=1S/C12H11BrFN3O3S/c1-15-10(18)4-17-9-3-7(14)6(13)2-8(9)16-12(17)21-5-11(19)20/h2-3H,4-5H2,1H3,(H,15,18)(H,19,20). The SMILES string of the molecule is CNC(=O)Cn1c(SCC(=O)O)nc2cc(Br)c(F)cc21. The number of imidazole rings is 1. The normalized spacial score (nSPS) is 10.8. The number of fused-ring (bicyclic) bond motifs is 1. The molecule has 0 radical (unpaired) electrons. The van der Waals surface area contributed by atoms with Gasteiger partial charge in [-0.25, -0.2) is 9.37 Å². The number of benzene rings is 1. The van der Waals surface area contributed by atoms with E-state index in [9.17, 15) is 14.0 Å². The van der Waals surface area contributed by atoms with Gasteiger partial charge in [0.25, 0.3) is 0 Å². The molecule has 0 unspecified atom stereocenters. The quantitative estimate of drug-likeness (QED) is 0.779. The molecule has 0 fully saturated rings. The lowest BCUT2D eigenvalue weighted by atomic mass is 10.3. The number of hydrogen-bond donors (Lipinski definition) is 2. The van der Waals surface area contributed by atoms with Crippen molar-refractivity contribution in [1.29, 1.82) is 0 Å². The zero-order chi connectivity index (χ0) is 15.6. The highest BCUT2D eigenvalue weighted by Crippen LogP contribution is 2.28. The molecular formula is C12H11BrFN3O3S. The van der Waals surface area contributed by atoms with Crippen molar-refractivity contribution in [3.8, 4) is 0 Å². The Hall–Kier alpha value is -1.61. The van der Waals surface area contributed by atoms with Crippen molar-refractivity contribution in [2.75, 3.05) is 12.8 Å². The average molecular weight is 376 g/mol. The lowest BCUT2D eigenvalue weighted by molar-refractivity contribution is -0.133. The molecule has 1 heterocycles. The molecule has 0 aliphatic rings. The van der Waals surface area contributed by atoms with Gasteiger partial charge in [0, 0.05) is 13.1 Å². The molecule has 21 heavy (non-hydrogen) atoms. The van der Waals surface area contributed by atoms with Crippen LogP contribution in [0, 0.1) is 5.82 Å². The fourth-order valence-electron chi connectivity index (χ4n) is 1.71. The number of nitrogens with zero attached hydrogens (tertiary/aromatic N) is 2. The number of carboxylic acid groups (broad SMARTS) is 1. The minimum Gasteiger partial charge on any atom is -0.481 e. The van der Waals surface area contributed by atoms with Crippen LogP contribution in [0.25, 0.3) is 11.0 Å². The molecule has 112 valence electrons. The molecule has 9 heteroatoms. The van der Waals surface area contributed by atoms with Crippen LogP contribution in [0.3, 0.4) is 0 Å². The van der Waals surface area contributed by atoms with Crippen LogP contribution in [0.15, 0.2) is 21.8 Å². The van der Waals surface area contributed by atoms with Gasteiger partial charge in [0.2, 0.25) is 5.91 Å². The average Bonchev–Trinajstić information content (AvgIpc) is 2.74. The molecule has 6 nitrogen and oxygen atoms in total. The first kappa shape index (κ1) is 15.8. The number of hydrogen-bond acceptors (Lipinski definition) is 4. The number of amides is 1. The Morgan fingerprint density at radius 1 is 1.52 bits per heavy atom. The van der Waals surface area contributed by atoms with E-state index in [1.807, 2.05) is 0 Å². The van der Waals surface area contributed by atoms with Crippen LogP contribution in [-0.2, 0) is 16.1 Å². The molecular weight excluding hydrogens is 365 g/mol. The highest BCUT2D eigenvalue weighted by atomic mass is 79.9. The molecule has 0 spiro atoms. The fourth-order valence-corrected chi connectivity index (χ4v) is 2.78. The minimum atomic E-state index is -0.995. The highest BCUT2D eigenvalue weighted by Gasteiger charge is 2.16. The zero-order valence-electron chi connectivity index (χ0n) is 10.9. The number of thioether (sulfide) groups is 1. The predicted octanol–water partition coefficient (Wildman–Crippen LogP) is 1.86. The molecule has 0 aliphatic heterocycles. The summed E-state index contributed by atoms with van der Waals surface area (Å²) in [5.74, 6) is -1.95. The first-order chi connectivity index (χ1) is 9.92. The fraction of sp³-hybridized carbons (Fsp3) is 0.250. The van der Waals surface area contributed by atoms with E-state index in [0.29, 0.717) is 16.2 Å². The van der Waals surface area contributed by atoms with Gasteiger partial charge in [-0.2, -0.15) is 0 Å². The van der Waals surface area contributed by atoms with Gasteiger partial charge in [0.05, 0.1) is 21.3 Å². The van der Waals surface area contributed by atoms with Gasteiger partial charge in [-0.15, -0.1) is 0 Å². The largest absolute Gasteiger partial charge is 0.481 e. The van der Waals surface area contributed by atoms with Crippen LogP contribution in [0.1, 0.15) is 0 Å². The lowest BCUT2D eigenvalue weighted by Crippen LogP contribution is -2.23. The van der Waals surface area contributed by atoms with E-state index >= 15 is 0 Å². The van der Waals surface area contributed by atoms with Gasteiger partial charge in [-0.05, 0) is 22.0 Å². The zero-order valence-corrected chi connectivity index (χ0v) is 13.3. The smallest absolute Gasteiger partial charge is 0.313 e. The molecule has 0 atom stereocenters. The van der Waals surface area contributed by atoms with E-state index in [4.69, 9.17) is 5.11 Å². The van der Waals surface area contributed by atoms with Gasteiger partial charge in [0.1, 0.15) is 12.4 Å². The van der Waals surface area contributed by atoms with E-state index in [-0.39, 0.29) is 22.7 Å². The Morgan fingerprint density at radius 2 is 2.24 bits per heavy atom. The van der Waals surface area contributed by atoms with Crippen molar-refractivity contribution in [3.63, 3.8) is 0 Å². The number of carbonyl (C=O) groups excluding carboxylic acids is 1. The Labute approximate surface area is 131 Å². The number of nitrogens with one attached hydrogen (secondary N) is 1. The number of likely N-dealkylation sites (N-methyl/N-ethyl adjacent to an activating group) is 1. The molecule has 1 amide bonds. The summed E-state index contributed by atoms with van der Waals surface area (Å²) >= 11 is 4.05. The summed E-state index contributed by atoms with van der Waals surface area (Å²) in [7, 11) is 1.49. The second kappa shape index (κ2) is 6.44. The molecule has 1 aromatic heterocycles.